The molecule has 150 valence electrons. The van der Waals surface area contributed by atoms with Gasteiger partial charge in [0.15, 0.2) is 11.2 Å². The number of rotatable bonds is 3. The second kappa shape index (κ2) is 6.47. The molecule has 0 spiro atoms. The average Bonchev–Trinajstić information content (AvgIpc) is 2.96. The first-order chi connectivity index (χ1) is 12.8. The molecule has 0 atom stereocenters. The smallest absolute Gasteiger partial charge is 0.453 e. The van der Waals surface area contributed by atoms with Crippen molar-refractivity contribution in [1.29, 1.82) is 0 Å². The number of halogens is 7. The highest BCUT2D eigenvalue weighted by atomic mass is 35.5. The summed E-state index contributed by atoms with van der Waals surface area (Å²) in [7, 11) is 0. The Balaban J connectivity index is 1.98. The molecular weight excluding hydrogens is 416 g/mol. The van der Waals surface area contributed by atoms with Crippen LogP contribution in [0, 0.1) is 0 Å². The molecule has 13 heteroatoms. The highest BCUT2D eigenvalue weighted by molar-refractivity contribution is 6.33. The predicted octanol–water partition coefficient (Wildman–Crippen LogP) is 4.58. The fourth-order valence-electron chi connectivity index (χ4n) is 2.08. The molecule has 0 aliphatic heterocycles. The van der Waals surface area contributed by atoms with Gasteiger partial charge in [-0.3, -0.25) is 0 Å². The number of pyridine rings is 1. The van der Waals surface area contributed by atoms with Crippen molar-refractivity contribution in [2.24, 2.45) is 0 Å². The minimum absolute atomic E-state index is 0.0419. The van der Waals surface area contributed by atoms with Crippen molar-refractivity contribution < 1.29 is 31.1 Å². The Kier molecular flexibility index (Phi) is 4.64. The number of alkyl halides is 6. The maximum absolute atomic E-state index is 13.0. The van der Waals surface area contributed by atoms with Gasteiger partial charge in [0.05, 0.1) is 5.02 Å². The monoisotopic (exact) mass is 425 g/mol. The minimum atomic E-state index is -4.79. The first-order valence-corrected chi connectivity index (χ1v) is 7.89. The van der Waals surface area contributed by atoms with Crippen LogP contribution in [-0.2, 0) is 6.18 Å². The third kappa shape index (κ3) is 3.68. The standard InChI is InChI=1S/C15H10ClF6N5O/c1-13(2,15(20,21)22)28-10-4-3-7(6-23-10)11-8(16)5-9-24-25-12(14(17,18)19)27(9)26-11/h3-6H,1-2H3. The van der Waals surface area contributed by atoms with Crippen molar-refractivity contribution in [2.45, 2.75) is 31.8 Å². The second-order valence-electron chi connectivity index (χ2n) is 6.13. The van der Waals surface area contributed by atoms with E-state index in [1.807, 2.05) is 0 Å². The largest absolute Gasteiger partial charge is 0.462 e. The molecule has 3 rings (SSSR count). The summed E-state index contributed by atoms with van der Waals surface area (Å²) >= 11 is 6.03. The number of hydrogen-bond donors (Lipinski definition) is 0. The van der Waals surface area contributed by atoms with Gasteiger partial charge in [-0.2, -0.15) is 36.0 Å². The summed E-state index contributed by atoms with van der Waals surface area (Å²) in [6, 6.07) is 3.53. The number of nitrogens with zero attached hydrogens (tertiary/aromatic N) is 5. The van der Waals surface area contributed by atoms with Gasteiger partial charge in [-0.25, -0.2) is 4.98 Å². The molecule has 0 saturated carbocycles. The van der Waals surface area contributed by atoms with Crippen LogP contribution >= 0.6 is 11.6 Å². The lowest BCUT2D eigenvalue weighted by Crippen LogP contribution is -2.44. The van der Waals surface area contributed by atoms with Crippen LogP contribution in [0.1, 0.15) is 19.7 Å². The zero-order valence-electron chi connectivity index (χ0n) is 14.1. The van der Waals surface area contributed by atoms with Gasteiger partial charge < -0.3 is 4.74 Å². The van der Waals surface area contributed by atoms with Crippen LogP contribution in [-0.4, -0.2) is 36.6 Å². The molecule has 28 heavy (non-hydrogen) atoms. The van der Waals surface area contributed by atoms with Crippen LogP contribution < -0.4 is 4.74 Å². The quantitative estimate of drug-likeness (QED) is 0.575. The van der Waals surface area contributed by atoms with Crippen LogP contribution in [0.3, 0.4) is 0 Å². The summed E-state index contributed by atoms with van der Waals surface area (Å²) in [5.41, 5.74) is -2.64. The molecular formula is C15H10ClF6N5O. The highest BCUT2D eigenvalue weighted by Crippen LogP contribution is 2.35. The van der Waals surface area contributed by atoms with Crippen molar-refractivity contribution in [1.82, 2.24) is 24.8 Å². The van der Waals surface area contributed by atoms with Gasteiger partial charge in [0.2, 0.25) is 5.88 Å². The molecule has 0 saturated heterocycles. The van der Waals surface area contributed by atoms with Crippen LogP contribution in [0.2, 0.25) is 5.02 Å². The third-order valence-corrected chi connectivity index (χ3v) is 3.94. The molecule has 0 N–H and O–H groups in total. The van der Waals surface area contributed by atoms with Crippen LogP contribution in [0.4, 0.5) is 26.3 Å². The second-order valence-corrected chi connectivity index (χ2v) is 6.53. The van der Waals surface area contributed by atoms with Crippen molar-refractivity contribution in [3.05, 3.63) is 35.2 Å². The molecule has 0 fully saturated rings. The van der Waals surface area contributed by atoms with E-state index in [2.05, 4.69) is 20.3 Å². The lowest BCUT2D eigenvalue weighted by molar-refractivity contribution is -0.235. The maximum Gasteiger partial charge on any atom is 0.453 e. The Morgan fingerprint density at radius 3 is 2.25 bits per heavy atom. The lowest BCUT2D eigenvalue weighted by Gasteiger charge is -2.28. The van der Waals surface area contributed by atoms with Gasteiger partial charge in [-0.15, -0.1) is 10.2 Å². The van der Waals surface area contributed by atoms with Gasteiger partial charge in [0.1, 0.15) is 5.69 Å². The summed E-state index contributed by atoms with van der Waals surface area (Å²) in [5, 5.41) is 10.2. The molecule has 0 aliphatic rings. The van der Waals surface area contributed by atoms with E-state index in [4.69, 9.17) is 16.3 Å². The first-order valence-electron chi connectivity index (χ1n) is 7.51. The molecule has 0 bridgehead atoms. The topological polar surface area (TPSA) is 65.2 Å². The predicted molar refractivity (Wildman–Crippen MR) is 84.8 cm³/mol. The van der Waals surface area contributed by atoms with E-state index in [-0.39, 0.29) is 27.8 Å². The zero-order chi connectivity index (χ0) is 20.9. The Morgan fingerprint density at radius 1 is 1.04 bits per heavy atom. The van der Waals surface area contributed by atoms with Gasteiger partial charge in [-0.1, -0.05) is 11.6 Å². The van der Waals surface area contributed by atoms with E-state index in [0.717, 1.165) is 32.2 Å². The van der Waals surface area contributed by atoms with Crippen LogP contribution in [0.15, 0.2) is 24.4 Å². The van der Waals surface area contributed by atoms with E-state index < -0.39 is 23.8 Å². The van der Waals surface area contributed by atoms with Crippen LogP contribution in [0.5, 0.6) is 5.88 Å². The molecule has 0 radical (unpaired) electrons. The van der Waals surface area contributed by atoms with E-state index >= 15 is 0 Å². The molecule has 0 amide bonds. The Hall–Kier alpha value is -2.63. The Morgan fingerprint density at radius 2 is 1.71 bits per heavy atom. The number of ether oxygens (including phenoxy) is 1. The molecule has 0 aliphatic carbocycles. The fourth-order valence-corrected chi connectivity index (χ4v) is 2.33. The van der Waals surface area contributed by atoms with E-state index in [1.165, 1.54) is 6.07 Å². The highest BCUT2D eigenvalue weighted by Gasteiger charge is 2.50. The molecule has 3 heterocycles. The third-order valence-electron chi connectivity index (χ3n) is 3.65. The number of fused-ring (bicyclic) bond motifs is 1. The molecule has 0 aromatic carbocycles. The summed E-state index contributed by atoms with van der Waals surface area (Å²) < 4.78 is 82.9. The zero-order valence-corrected chi connectivity index (χ0v) is 14.9. The maximum atomic E-state index is 13.0. The molecule has 3 aromatic heterocycles. The normalized spacial score (nSPS) is 13.2. The van der Waals surface area contributed by atoms with Gasteiger partial charge in [0, 0.05) is 23.9 Å². The van der Waals surface area contributed by atoms with Gasteiger partial charge in [-0.05, 0) is 19.9 Å². The lowest BCUT2D eigenvalue weighted by atomic mass is 10.1. The van der Waals surface area contributed by atoms with Crippen molar-refractivity contribution in [3.63, 3.8) is 0 Å². The Labute approximate surface area is 158 Å². The first kappa shape index (κ1) is 20.1. The van der Waals surface area contributed by atoms with Gasteiger partial charge >= 0.3 is 12.4 Å². The molecule has 6 nitrogen and oxygen atoms in total. The minimum Gasteiger partial charge on any atom is -0.462 e. The SMILES string of the molecule is CC(C)(Oc1ccc(-c2nn3c(C(F)(F)F)nnc3cc2Cl)cn1)C(F)(F)F. The number of aromatic nitrogens is 5. The summed E-state index contributed by atoms with van der Waals surface area (Å²) in [5.74, 6) is -1.68. The number of hydrogen-bond acceptors (Lipinski definition) is 5. The molecule has 0 unspecified atom stereocenters. The van der Waals surface area contributed by atoms with Crippen molar-refractivity contribution >= 4 is 17.2 Å². The van der Waals surface area contributed by atoms with Crippen molar-refractivity contribution in [3.8, 4) is 17.1 Å². The van der Waals surface area contributed by atoms with E-state index in [1.54, 1.807) is 0 Å². The summed E-state index contributed by atoms with van der Waals surface area (Å²) in [4.78, 5) is 3.75. The van der Waals surface area contributed by atoms with E-state index in [9.17, 15) is 26.3 Å². The molecule has 3 aromatic rings. The summed E-state index contributed by atoms with van der Waals surface area (Å²) in [6.45, 7) is 1.67. The summed E-state index contributed by atoms with van der Waals surface area (Å²) in [6.07, 6.45) is -8.35. The fraction of sp³-hybridized carbons (Fsp3) is 0.333. The Bertz CT molecular complexity index is 1010. The van der Waals surface area contributed by atoms with Gasteiger partial charge in [0.25, 0.3) is 5.82 Å². The van der Waals surface area contributed by atoms with E-state index in [0.29, 0.717) is 4.52 Å². The van der Waals surface area contributed by atoms with Crippen LogP contribution in [0.25, 0.3) is 16.9 Å². The van der Waals surface area contributed by atoms with Crippen molar-refractivity contribution in [2.75, 3.05) is 0 Å². The average molecular weight is 426 g/mol.